The van der Waals surface area contributed by atoms with Crippen molar-refractivity contribution in [3.63, 3.8) is 0 Å². The predicted molar refractivity (Wildman–Crippen MR) is 138 cm³/mol. The molecule has 3 aromatic carbocycles. The number of carbonyl (C=O) groups excluding carboxylic acids is 2. The second-order valence-electron chi connectivity index (χ2n) is 9.17. The average Bonchev–Trinajstić information content (AvgIpc) is 2.82. The fourth-order valence-corrected chi connectivity index (χ4v) is 5.91. The zero-order valence-electron chi connectivity index (χ0n) is 19.1. The number of halogens is 2. The van der Waals surface area contributed by atoms with Gasteiger partial charge < -0.3 is 0 Å². The van der Waals surface area contributed by atoms with Gasteiger partial charge in [-0.05, 0) is 54.5 Å². The standard InChI is InChI=1S/C29H25Cl2NO2/c1-17-8-6-9-18(2)29(17)32-24-14-20(19-10-4-3-5-11-19)15-25(33)27(24)22(16-26(32)34)21-12-7-13-23(30)28(21)31/h3-13,20,22H,14-16H2,1-2H3. The molecule has 0 radical (unpaired) electrons. The Kier molecular flexibility index (Phi) is 6.09. The number of rotatable bonds is 3. The molecule has 0 N–H and O–H groups in total. The number of hydrogen-bond donors (Lipinski definition) is 0. The normalized spacial score (nSPS) is 20.5. The van der Waals surface area contributed by atoms with E-state index in [4.69, 9.17) is 23.2 Å². The average molecular weight is 490 g/mol. The number of amides is 1. The lowest BCUT2D eigenvalue weighted by molar-refractivity contribution is -0.120. The van der Waals surface area contributed by atoms with Gasteiger partial charge in [0.05, 0.1) is 15.7 Å². The van der Waals surface area contributed by atoms with Crippen LogP contribution in [0.4, 0.5) is 5.69 Å². The van der Waals surface area contributed by atoms with Crippen molar-refractivity contribution in [1.82, 2.24) is 0 Å². The Balaban J connectivity index is 1.72. The molecule has 172 valence electrons. The number of anilines is 1. The van der Waals surface area contributed by atoms with E-state index in [1.54, 1.807) is 6.07 Å². The molecular weight excluding hydrogens is 465 g/mol. The molecule has 3 nitrogen and oxygen atoms in total. The first kappa shape index (κ1) is 22.9. The SMILES string of the molecule is Cc1cccc(C)c1N1C(=O)CC(c2cccc(Cl)c2Cl)C2=C1CC(c1ccccc1)CC2=O. The zero-order valence-corrected chi connectivity index (χ0v) is 20.7. The van der Waals surface area contributed by atoms with Crippen LogP contribution in [0.3, 0.4) is 0 Å². The van der Waals surface area contributed by atoms with E-state index >= 15 is 0 Å². The van der Waals surface area contributed by atoms with E-state index in [9.17, 15) is 9.59 Å². The molecule has 34 heavy (non-hydrogen) atoms. The van der Waals surface area contributed by atoms with E-state index in [2.05, 4.69) is 12.1 Å². The largest absolute Gasteiger partial charge is 0.294 e. The lowest BCUT2D eigenvalue weighted by Crippen LogP contribution is -2.42. The van der Waals surface area contributed by atoms with Crippen molar-refractivity contribution in [2.24, 2.45) is 0 Å². The minimum absolute atomic E-state index is 0.0145. The highest BCUT2D eigenvalue weighted by molar-refractivity contribution is 6.42. The van der Waals surface area contributed by atoms with Gasteiger partial charge in [-0.1, -0.05) is 83.9 Å². The second-order valence-corrected chi connectivity index (χ2v) is 9.95. The highest BCUT2D eigenvalue weighted by Crippen LogP contribution is 2.49. The molecule has 0 aromatic heterocycles. The fourth-order valence-electron chi connectivity index (χ4n) is 5.47. The van der Waals surface area contributed by atoms with Gasteiger partial charge in [0.25, 0.3) is 0 Å². The molecule has 0 saturated carbocycles. The number of Topliss-reactive ketones (excluding diaryl/α,β-unsaturated/α-hetero) is 1. The summed E-state index contributed by atoms with van der Waals surface area (Å²) in [6.45, 7) is 4.02. The lowest BCUT2D eigenvalue weighted by Gasteiger charge is -2.41. The van der Waals surface area contributed by atoms with E-state index in [1.807, 2.05) is 67.3 Å². The van der Waals surface area contributed by atoms with Crippen molar-refractivity contribution in [3.05, 3.63) is 110 Å². The van der Waals surface area contributed by atoms with Crippen LogP contribution in [0.25, 0.3) is 0 Å². The third kappa shape index (κ3) is 3.87. The van der Waals surface area contributed by atoms with Gasteiger partial charge in [0, 0.05) is 30.0 Å². The third-order valence-corrected chi connectivity index (χ3v) is 7.85. The molecular formula is C29H25Cl2NO2. The van der Waals surface area contributed by atoms with E-state index in [-0.39, 0.29) is 24.0 Å². The molecule has 0 saturated heterocycles. The lowest BCUT2D eigenvalue weighted by atomic mass is 9.72. The highest BCUT2D eigenvalue weighted by atomic mass is 35.5. The summed E-state index contributed by atoms with van der Waals surface area (Å²) in [5.74, 6) is -0.349. The van der Waals surface area contributed by atoms with Crippen LogP contribution < -0.4 is 4.90 Å². The van der Waals surface area contributed by atoms with Gasteiger partial charge in [-0.25, -0.2) is 0 Å². The minimum Gasteiger partial charge on any atom is -0.294 e. The van der Waals surface area contributed by atoms with E-state index in [0.29, 0.717) is 28.5 Å². The first-order valence-corrected chi connectivity index (χ1v) is 12.3. The van der Waals surface area contributed by atoms with E-state index < -0.39 is 5.92 Å². The molecule has 2 unspecified atom stereocenters. The number of aryl methyl sites for hydroxylation is 2. The van der Waals surface area contributed by atoms with E-state index in [1.165, 1.54) is 0 Å². The summed E-state index contributed by atoms with van der Waals surface area (Å²) in [7, 11) is 0. The van der Waals surface area contributed by atoms with Crippen molar-refractivity contribution in [2.45, 2.75) is 44.9 Å². The van der Waals surface area contributed by atoms with Crippen molar-refractivity contribution in [2.75, 3.05) is 4.90 Å². The van der Waals surface area contributed by atoms with Crippen LogP contribution in [-0.4, -0.2) is 11.7 Å². The summed E-state index contributed by atoms with van der Waals surface area (Å²) in [4.78, 5) is 29.4. The number of ketones is 1. The number of hydrogen-bond acceptors (Lipinski definition) is 2. The smallest absolute Gasteiger partial charge is 0.232 e. The minimum atomic E-state index is -0.404. The molecule has 1 amide bonds. The number of benzene rings is 3. The summed E-state index contributed by atoms with van der Waals surface area (Å²) < 4.78 is 0. The first-order chi connectivity index (χ1) is 16.4. The predicted octanol–water partition coefficient (Wildman–Crippen LogP) is 7.53. The molecule has 0 fully saturated rings. The topological polar surface area (TPSA) is 37.4 Å². The molecule has 1 heterocycles. The number of allylic oxidation sites excluding steroid dienone is 2. The van der Waals surface area contributed by atoms with Crippen LogP contribution in [0, 0.1) is 13.8 Å². The first-order valence-electron chi connectivity index (χ1n) is 11.5. The quantitative estimate of drug-likeness (QED) is 0.381. The van der Waals surface area contributed by atoms with Gasteiger partial charge in [-0.2, -0.15) is 0 Å². The summed E-state index contributed by atoms with van der Waals surface area (Å²) in [5.41, 5.74) is 6.22. The second kappa shape index (κ2) is 9.05. The maximum absolute atomic E-state index is 13.8. The highest BCUT2D eigenvalue weighted by Gasteiger charge is 2.43. The van der Waals surface area contributed by atoms with Crippen molar-refractivity contribution >= 4 is 40.6 Å². The monoisotopic (exact) mass is 489 g/mol. The van der Waals surface area contributed by atoms with E-state index in [0.717, 1.165) is 33.6 Å². The van der Waals surface area contributed by atoms with Crippen LogP contribution in [0.15, 0.2) is 78.0 Å². The summed E-state index contributed by atoms with van der Waals surface area (Å²) >= 11 is 12.9. The molecule has 2 atom stereocenters. The van der Waals surface area contributed by atoms with Crippen LogP contribution >= 0.6 is 23.2 Å². The Hall–Kier alpha value is -2.88. The molecule has 0 bridgehead atoms. The van der Waals surface area contributed by atoms with Crippen molar-refractivity contribution < 1.29 is 9.59 Å². The molecule has 1 aliphatic carbocycles. The van der Waals surface area contributed by atoms with Gasteiger partial charge in [-0.15, -0.1) is 0 Å². The maximum atomic E-state index is 13.8. The molecule has 5 heteroatoms. The van der Waals surface area contributed by atoms with Crippen molar-refractivity contribution in [3.8, 4) is 0 Å². The van der Waals surface area contributed by atoms with Gasteiger partial charge in [0.2, 0.25) is 5.91 Å². The Bertz CT molecular complexity index is 1310. The van der Waals surface area contributed by atoms with Gasteiger partial charge in [-0.3, -0.25) is 14.5 Å². The Morgan fingerprint density at radius 1 is 0.794 bits per heavy atom. The third-order valence-electron chi connectivity index (χ3n) is 7.02. The molecule has 0 spiro atoms. The van der Waals surface area contributed by atoms with Gasteiger partial charge in [0.1, 0.15) is 0 Å². The fraction of sp³-hybridized carbons (Fsp3) is 0.241. The molecule has 3 aromatic rings. The zero-order chi connectivity index (χ0) is 24.0. The van der Waals surface area contributed by atoms with Crippen LogP contribution in [0.2, 0.25) is 10.0 Å². The maximum Gasteiger partial charge on any atom is 0.232 e. The molecule has 5 rings (SSSR count). The van der Waals surface area contributed by atoms with Crippen molar-refractivity contribution in [1.29, 1.82) is 0 Å². The number of nitrogens with zero attached hydrogens (tertiary/aromatic N) is 1. The van der Waals surface area contributed by atoms with Gasteiger partial charge in [0.15, 0.2) is 5.78 Å². The number of carbonyl (C=O) groups is 2. The molecule has 1 aliphatic heterocycles. The summed E-state index contributed by atoms with van der Waals surface area (Å²) in [6, 6.07) is 21.5. The Morgan fingerprint density at radius 2 is 1.47 bits per heavy atom. The number of para-hydroxylation sites is 1. The Labute approximate surface area is 210 Å². The van der Waals surface area contributed by atoms with Crippen LogP contribution in [-0.2, 0) is 9.59 Å². The van der Waals surface area contributed by atoms with Crippen LogP contribution in [0.5, 0.6) is 0 Å². The van der Waals surface area contributed by atoms with Crippen LogP contribution in [0.1, 0.15) is 53.4 Å². The van der Waals surface area contributed by atoms with Gasteiger partial charge >= 0.3 is 0 Å². The summed E-state index contributed by atoms with van der Waals surface area (Å²) in [5, 5.41) is 0.837. The summed E-state index contributed by atoms with van der Waals surface area (Å²) in [6.07, 6.45) is 1.19. The Morgan fingerprint density at radius 3 is 2.18 bits per heavy atom. The molecule has 2 aliphatic rings.